The Morgan fingerprint density at radius 2 is 2.43 bits per heavy atom. The first kappa shape index (κ1) is 9.63. The molecule has 0 aromatic carbocycles. The monoisotopic (exact) mass is 217 g/mol. The van der Waals surface area contributed by atoms with Crippen LogP contribution in [-0.2, 0) is 10.0 Å². The number of nitrogens with zero attached hydrogens (tertiary/aromatic N) is 2. The standard InChI is InChI=1S/C7H11N3O3S/c11-6-1-2-10(4-6)14(12,13)7-3-8-5-9-7/h3,5-6,11H,1-2,4H2,(H,8,9)/t6-/m1/s1. The molecule has 1 aromatic heterocycles. The normalized spacial score (nSPS) is 24.2. The number of β-amino-alcohol motifs (C(OH)–C–C–N with tert-alkyl or cyclic N) is 1. The maximum absolute atomic E-state index is 11.8. The number of aliphatic hydroxyl groups is 1. The van der Waals surface area contributed by atoms with Crippen LogP contribution in [0.5, 0.6) is 0 Å². The lowest BCUT2D eigenvalue weighted by molar-refractivity contribution is 0.189. The highest BCUT2D eigenvalue weighted by atomic mass is 32.2. The predicted octanol–water partition coefficient (Wildman–Crippen LogP) is -0.835. The van der Waals surface area contributed by atoms with Crippen molar-refractivity contribution >= 4 is 10.0 Å². The molecular weight excluding hydrogens is 206 g/mol. The van der Waals surface area contributed by atoms with Crippen LogP contribution in [0.25, 0.3) is 0 Å². The zero-order valence-electron chi connectivity index (χ0n) is 7.42. The molecule has 0 spiro atoms. The number of rotatable bonds is 2. The zero-order chi connectivity index (χ0) is 10.2. The van der Waals surface area contributed by atoms with Crippen molar-refractivity contribution in [3.8, 4) is 0 Å². The minimum absolute atomic E-state index is 0.0756. The average Bonchev–Trinajstić information content (AvgIpc) is 2.72. The van der Waals surface area contributed by atoms with Gasteiger partial charge in [-0.15, -0.1) is 0 Å². The number of hydrogen-bond acceptors (Lipinski definition) is 4. The topological polar surface area (TPSA) is 86.3 Å². The lowest BCUT2D eigenvalue weighted by Gasteiger charge is -2.13. The molecule has 1 atom stereocenters. The smallest absolute Gasteiger partial charge is 0.260 e. The summed E-state index contributed by atoms with van der Waals surface area (Å²) < 4.78 is 24.8. The minimum Gasteiger partial charge on any atom is -0.392 e. The van der Waals surface area contributed by atoms with Gasteiger partial charge in [0, 0.05) is 13.1 Å². The van der Waals surface area contributed by atoms with Gasteiger partial charge in [-0.1, -0.05) is 0 Å². The van der Waals surface area contributed by atoms with E-state index in [9.17, 15) is 13.5 Å². The quantitative estimate of drug-likeness (QED) is 0.676. The van der Waals surface area contributed by atoms with Gasteiger partial charge in [0.2, 0.25) is 0 Å². The molecule has 1 aliphatic rings. The molecule has 2 heterocycles. The third-order valence-electron chi connectivity index (χ3n) is 2.22. The second kappa shape index (κ2) is 3.34. The van der Waals surface area contributed by atoms with Gasteiger partial charge in [-0.3, -0.25) is 0 Å². The Morgan fingerprint density at radius 1 is 1.64 bits per heavy atom. The molecule has 0 unspecified atom stereocenters. The molecule has 7 heteroatoms. The van der Waals surface area contributed by atoms with Crippen LogP contribution in [0.2, 0.25) is 0 Å². The molecule has 0 bridgehead atoms. The summed E-state index contributed by atoms with van der Waals surface area (Å²) in [5, 5.41) is 9.30. The third-order valence-corrected chi connectivity index (χ3v) is 4.01. The Morgan fingerprint density at radius 3 is 2.93 bits per heavy atom. The van der Waals surface area contributed by atoms with Crippen molar-refractivity contribution < 1.29 is 13.5 Å². The van der Waals surface area contributed by atoms with E-state index in [2.05, 4.69) is 9.97 Å². The molecular formula is C7H11N3O3S. The predicted molar refractivity (Wildman–Crippen MR) is 48.0 cm³/mol. The SMILES string of the molecule is O=S(=O)(c1cnc[nH]1)N1CC[C@@H](O)C1. The molecule has 1 fully saturated rings. The van der Waals surface area contributed by atoms with Gasteiger partial charge < -0.3 is 10.1 Å². The summed E-state index contributed by atoms with van der Waals surface area (Å²) in [4.78, 5) is 6.20. The number of aliphatic hydroxyl groups excluding tert-OH is 1. The summed E-state index contributed by atoms with van der Waals surface area (Å²) >= 11 is 0. The number of sulfonamides is 1. The Kier molecular flexibility index (Phi) is 2.30. The maximum atomic E-state index is 11.8. The fourth-order valence-corrected chi connectivity index (χ4v) is 2.84. The number of imidazole rings is 1. The highest BCUT2D eigenvalue weighted by molar-refractivity contribution is 7.89. The van der Waals surface area contributed by atoms with Crippen molar-refractivity contribution in [3.63, 3.8) is 0 Å². The highest BCUT2D eigenvalue weighted by Gasteiger charge is 2.32. The number of hydrogen-bond donors (Lipinski definition) is 2. The van der Waals surface area contributed by atoms with Crippen molar-refractivity contribution in [2.75, 3.05) is 13.1 Å². The zero-order valence-corrected chi connectivity index (χ0v) is 8.24. The number of H-pyrrole nitrogens is 1. The molecule has 0 amide bonds. The van der Waals surface area contributed by atoms with E-state index in [4.69, 9.17) is 0 Å². The number of nitrogens with one attached hydrogen (secondary N) is 1. The van der Waals surface area contributed by atoms with Crippen LogP contribution < -0.4 is 0 Å². The van der Waals surface area contributed by atoms with Gasteiger partial charge in [0.15, 0.2) is 5.03 Å². The van der Waals surface area contributed by atoms with Crippen molar-refractivity contribution in [2.45, 2.75) is 17.6 Å². The summed E-state index contributed by atoms with van der Waals surface area (Å²) in [5.74, 6) is 0. The number of aromatic nitrogens is 2. The van der Waals surface area contributed by atoms with Crippen molar-refractivity contribution in [1.29, 1.82) is 0 Å². The van der Waals surface area contributed by atoms with Gasteiger partial charge >= 0.3 is 0 Å². The molecule has 1 saturated heterocycles. The summed E-state index contributed by atoms with van der Waals surface area (Å²) in [6.45, 7) is 0.532. The van der Waals surface area contributed by atoms with Gasteiger partial charge in [-0.05, 0) is 6.42 Å². The first-order valence-electron chi connectivity index (χ1n) is 4.27. The first-order valence-corrected chi connectivity index (χ1v) is 5.71. The fraction of sp³-hybridized carbons (Fsp3) is 0.571. The molecule has 1 aliphatic heterocycles. The molecule has 0 saturated carbocycles. The lowest BCUT2D eigenvalue weighted by atomic mass is 10.3. The molecule has 0 aliphatic carbocycles. The lowest BCUT2D eigenvalue weighted by Crippen LogP contribution is -2.29. The van der Waals surface area contributed by atoms with E-state index in [1.807, 2.05) is 0 Å². The Hall–Kier alpha value is -0.920. The minimum atomic E-state index is -3.47. The van der Waals surface area contributed by atoms with E-state index >= 15 is 0 Å². The molecule has 6 nitrogen and oxygen atoms in total. The summed E-state index contributed by atoms with van der Waals surface area (Å²) in [7, 11) is -3.47. The van der Waals surface area contributed by atoms with E-state index < -0.39 is 16.1 Å². The third kappa shape index (κ3) is 1.54. The molecule has 2 rings (SSSR count). The maximum Gasteiger partial charge on any atom is 0.260 e. The van der Waals surface area contributed by atoms with E-state index in [1.165, 1.54) is 16.8 Å². The van der Waals surface area contributed by atoms with Crippen LogP contribution in [0.4, 0.5) is 0 Å². The van der Waals surface area contributed by atoms with E-state index in [0.29, 0.717) is 13.0 Å². The molecule has 2 N–H and O–H groups in total. The van der Waals surface area contributed by atoms with Crippen LogP contribution in [-0.4, -0.2) is 47.0 Å². The van der Waals surface area contributed by atoms with Crippen LogP contribution in [0.1, 0.15) is 6.42 Å². The first-order chi connectivity index (χ1) is 6.60. The van der Waals surface area contributed by atoms with E-state index in [1.54, 1.807) is 0 Å². The van der Waals surface area contributed by atoms with Crippen LogP contribution in [0.3, 0.4) is 0 Å². The van der Waals surface area contributed by atoms with Crippen molar-refractivity contribution in [1.82, 2.24) is 14.3 Å². The summed E-state index contributed by atoms with van der Waals surface area (Å²) in [5.41, 5.74) is 0. The number of aromatic amines is 1. The second-order valence-corrected chi connectivity index (χ2v) is 5.13. The second-order valence-electron chi connectivity index (χ2n) is 3.22. The van der Waals surface area contributed by atoms with E-state index in [0.717, 1.165) is 0 Å². The fourth-order valence-electron chi connectivity index (χ4n) is 1.45. The van der Waals surface area contributed by atoms with Gasteiger partial charge in [0.05, 0.1) is 18.6 Å². The van der Waals surface area contributed by atoms with Crippen LogP contribution in [0.15, 0.2) is 17.6 Å². The molecule has 14 heavy (non-hydrogen) atoms. The van der Waals surface area contributed by atoms with Gasteiger partial charge in [0.1, 0.15) is 0 Å². The Bertz CT molecular complexity index is 400. The van der Waals surface area contributed by atoms with Gasteiger partial charge in [0.25, 0.3) is 10.0 Å². The molecule has 78 valence electrons. The largest absolute Gasteiger partial charge is 0.392 e. The Labute approximate surface area is 81.6 Å². The summed E-state index contributed by atoms with van der Waals surface area (Å²) in [6.07, 6.45) is 2.53. The molecule has 0 radical (unpaired) electrons. The van der Waals surface area contributed by atoms with Gasteiger partial charge in [-0.2, -0.15) is 4.31 Å². The van der Waals surface area contributed by atoms with Crippen molar-refractivity contribution in [3.05, 3.63) is 12.5 Å². The van der Waals surface area contributed by atoms with Crippen molar-refractivity contribution in [2.24, 2.45) is 0 Å². The highest BCUT2D eigenvalue weighted by Crippen LogP contribution is 2.18. The van der Waals surface area contributed by atoms with Crippen LogP contribution in [0, 0.1) is 0 Å². The van der Waals surface area contributed by atoms with Gasteiger partial charge in [-0.25, -0.2) is 13.4 Å². The summed E-state index contributed by atoms with van der Waals surface area (Å²) in [6, 6.07) is 0. The van der Waals surface area contributed by atoms with E-state index in [-0.39, 0.29) is 11.6 Å². The Balaban J connectivity index is 2.26. The average molecular weight is 217 g/mol. The van der Waals surface area contributed by atoms with Crippen LogP contribution >= 0.6 is 0 Å². The molecule has 1 aromatic rings.